The number of nitrogen functional groups attached to an aromatic ring is 1. The molecule has 0 aliphatic carbocycles. The van der Waals surface area contributed by atoms with Gasteiger partial charge in [-0.25, -0.2) is 37.5 Å². The zero-order valence-corrected chi connectivity index (χ0v) is 47.5. The summed E-state index contributed by atoms with van der Waals surface area (Å²) < 4.78 is 53.6. The molecule has 70 heavy (non-hydrogen) atoms. The first-order chi connectivity index (χ1) is 31.3. The van der Waals surface area contributed by atoms with Crippen LogP contribution >= 0.6 is 104 Å². The van der Waals surface area contributed by atoms with Crippen molar-refractivity contribution in [3.8, 4) is 12.1 Å². The Morgan fingerprint density at radius 1 is 0.671 bits per heavy atom. The molecule has 32 heteroatoms. The van der Waals surface area contributed by atoms with Crippen LogP contribution in [0.5, 0.6) is 0 Å². The molecule has 0 radical (unpaired) electrons. The second-order valence-electron chi connectivity index (χ2n) is 11.7. The molecule has 6 N–H and O–H groups in total. The van der Waals surface area contributed by atoms with Gasteiger partial charge in [0.05, 0.1) is 42.5 Å². The van der Waals surface area contributed by atoms with Crippen LogP contribution in [-0.4, -0.2) is 61.4 Å². The summed E-state index contributed by atoms with van der Waals surface area (Å²) in [6.07, 6.45) is 10.2. The van der Waals surface area contributed by atoms with E-state index in [4.69, 9.17) is 160 Å². The standard InChI is InChI=1S/C6H2Cl2N2.C6H5F2N3.C6H2F2N2.C5H2Cl3N.C5H4Cl2NO.C5H3Cl2N.C4H10NSi.CN.Cu.FH.K.H2O2/c7-4-1-5(8)6(2-9)10-3-4;7-3-1-4(8)5(6(9)10)11-2-3;7-4-1-5(8)6(2-9)10-3-4;6-3-1-4(7)5(8)9-2-3;6-4-1-5(7)3-8(9)2-4;6-4-1-5(7)3-8-2-4;1-5-6(2,3)4;1-2;;;;1-2/h1,3H;1-2H,(H3,9,10);1,3H;1-2H;1-3,9H;1-3H;1H,2-4H3;;;1H;;1-2H/q;;;;+1;;2*-1;+1;;+1;/p-1. The fourth-order valence-corrected chi connectivity index (χ4v) is 4.69. The van der Waals surface area contributed by atoms with Gasteiger partial charge in [0, 0.05) is 41.7 Å². The molecule has 0 saturated carbocycles. The number of nitrogens with two attached hydrogens (primary N) is 1. The number of hydrogen-bond donors (Lipinski definition) is 5. The van der Waals surface area contributed by atoms with Gasteiger partial charge >= 0.3 is 68.5 Å². The Hall–Kier alpha value is -3.14. The van der Waals surface area contributed by atoms with E-state index in [1.54, 1.807) is 12.1 Å². The minimum atomic E-state index is -1.23. The van der Waals surface area contributed by atoms with Crippen molar-refractivity contribution in [1.29, 1.82) is 21.2 Å². The summed E-state index contributed by atoms with van der Waals surface area (Å²) >= 11 is 49.6. The number of aromatic nitrogens is 6. The molecule has 374 valence electrons. The average molecular weight is 1250 g/mol. The Balaban J connectivity index is -0.000000168. The smallest absolute Gasteiger partial charge is 1.00 e. The van der Waals surface area contributed by atoms with Crippen molar-refractivity contribution in [2.75, 3.05) is 0 Å². The first kappa shape index (κ1) is 78.3. The van der Waals surface area contributed by atoms with E-state index in [1.807, 2.05) is 6.07 Å². The molecule has 15 nitrogen and oxygen atoms in total. The van der Waals surface area contributed by atoms with Crippen molar-refractivity contribution in [1.82, 2.24) is 24.9 Å². The zero-order chi connectivity index (χ0) is 52.4. The van der Waals surface area contributed by atoms with Crippen LogP contribution in [0.1, 0.15) is 17.1 Å². The molecular weight excluding hydrogens is 1220 g/mol. The predicted octanol–water partition coefficient (Wildman–Crippen LogP) is 6.60. The summed E-state index contributed by atoms with van der Waals surface area (Å²) in [7, 11) is -1.23. The van der Waals surface area contributed by atoms with Crippen LogP contribution in [0.15, 0.2) is 90.6 Å². The summed E-state index contributed by atoms with van der Waals surface area (Å²) in [4.78, 5) is 17.5. The van der Waals surface area contributed by atoms with Gasteiger partial charge in [-0.2, -0.15) is 10.5 Å². The Kier molecular flexibility index (Phi) is 49.8. The molecule has 0 aliphatic heterocycles. The molecular formula is C38H30Cl9CuF5KN12O3Si. The van der Waals surface area contributed by atoms with E-state index in [0.717, 1.165) is 17.1 Å². The summed E-state index contributed by atoms with van der Waals surface area (Å²) in [6.45, 7) is 16.0. The maximum atomic E-state index is 12.6. The normalized spacial score (nSPS) is 8.66. The predicted molar refractivity (Wildman–Crippen MR) is 252 cm³/mol. The number of nitrogens with zero attached hydrogens (tertiary/aromatic N) is 10. The number of amidine groups is 1. The van der Waals surface area contributed by atoms with E-state index in [2.05, 4.69) is 49.2 Å². The van der Waals surface area contributed by atoms with Crippen molar-refractivity contribution in [2.45, 2.75) is 19.6 Å². The number of rotatable bonds is 2. The van der Waals surface area contributed by atoms with Crippen molar-refractivity contribution in [3.63, 3.8) is 0 Å². The second kappa shape index (κ2) is 44.6. The van der Waals surface area contributed by atoms with Gasteiger partial charge in [0.25, 0.3) is 0 Å². The maximum Gasteiger partial charge on any atom is 1.00 e. The van der Waals surface area contributed by atoms with Crippen molar-refractivity contribution < 1.29 is 111 Å². The molecule has 0 fully saturated rings. The molecule has 6 heterocycles. The molecule has 0 saturated heterocycles. The molecule has 0 aromatic carbocycles. The van der Waals surface area contributed by atoms with Crippen molar-refractivity contribution in [2.24, 2.45) is 10.4 Å². The monoisotopic (exact) mass is 1240 g/mol. The molecule has 0 spiro atoms. The number of hydrogen-bond acceptors (Lipinski definition) is 13. The van der Waals surface area contributed by atoms with E-state index in [9.17, 15) is 17.6 Å². The first-order valence-corrected chi connectivity index (χ1v) is 23.4. The quantitative estimate of drug-likeness (QED) is 0.0117. The van der Waals surface area contributed by atoms with Crippen LogP contribution in [0.4, 0.5) is 17.6 Å². The minimum absolute atomic E-state index is 0. The van der Waals surface area contributed by atoms with Gasteiger partial charge < -0.3 is 33.6 Å². The molecule has 0 bridgehead atoms. The summed E-state index contributed by atoms with van der Waals surface area (Å²) in [5.74, 6) is -3.92. The van der Waals surface area contributed by atoms with Crippen LogP contribution in [0, 0.1) is 63.2 Å². The fourth-order valence-electron chi connectivity index (χ4n) is 2.89. The maximum absolute atomic E-state index is 12.6. The van der Waals surface area contributed by atoms with Gasteiger partial charge in [0.1, 0.15) is 58.7 Å². The first-order valence-electron chi connectivity index (χ1n) is 16.5. The molecule has 6 rings (SSSR count). The fraction of sp³-hybridized carbons (Fsp3) is 0.0789. The number of pyridine rings is 6. The third kappa shape index (κ3) is 39.5. The SMILES string of the molecule is Clc1cnc(Cl)c(Cl)c1.Clc1cncc(Cl)c1.N#Cc1ncc(Cl)cc1Cl.N#Cc1ncc(F)cc1F.N=C(N)c1ncc(F)cc1F.OO.O[n+]1cc(Cl)cc(Cl)c1.[C-]#N.[CH-]=N[Si](C)(C)C.[Cu+].[F-].[K+]. The zero-order valence-electron chi connectivity index (χ0n) is 35.6. The number of nitriles is 2. The molecule has 6 aromatic heterocycles. The van der Waals surface area contributed by atoms with E-state index < -0.39 is 37.3 Å². The Bertz CT molecular complexity index is 2480. The summed E-state index contributed by atoms with van der Waals surface area (Å²) in [5.41, 5.74) is 4.41. The van der Waals surface area contributed by atoms with Crippen LogP contribution in [0.3, 0.4) is 0 Å². The van der Waals surface area contributed by atoms with Gasteiger partial charge in [-0.3, -0.25) is 26.1 Å². The Morgan fingerprint density at radius 3 is 1.36 bits per heavy atom. The summed E-state index contributed by atoms with van der Waals surface area (Å²) in [5, 5.41) is 54.1. The largest absolute Gasteiger partial charge is 1.00 e. The summed E-state index contributed by atoms with van der Waals surface area (Å²) in [6, 6.07) is 10.7. The Labute approximate surface area is 497 Å². The van der Waals surface area contributed by atoms with Crippen LogP contribution in [0.25, 0.3) is 0 Å². The molecule has 0 aliphatic rings. The topological polar surface area (TPSA) is 263 Å². The minimum Gasteiger partial charge on any atom is -1.00 e. The third-order valence-corrected chi connectivity index (χ3v) is 8.49. The van der Waals surface area contributed by atoms with Gasteiger partial charge in [-0.15, -0.1) is 0 Å². The molecule has 0 unspecified atom stereocenters. The van der Waals surface area contributed by atoms with E-state index >= 15 is 0 Å². The second-order valence-corrected chi connectivity index (χ2v) is 20.1. The molecule has 6 aromatic rings. The van der Waals surface area contributed by atoms with Gasteiger partial charge in [0.15, 0.2) is 23.0 Å². The van der Waals surface area contributed by atoms with Crippen LogP contribution in [-0.2, 0) is 17.1 Å². The third-order valence-electron chi connectivity index (χ3n) is 5.50. The van der Waals surface area contributed by atoms with Crippen LogP contribution < -0.4 is 66.6 Å². The number of halogens is 14. The van der Waals surface area contributed by atoms with E-state index in [-0.39, 0.29) is 100 Å². The molecule has 0 atom stereocenters. The molecule has 0 amide bonds. The Morgan fingerprint density at radius 2 is 1.04 bits per heavy atom. The van der Waals surface area contributed by atoms with E-state index in [0.29, 0.717) is 47.3 Å². The average Bonchev–Trinajstić information content (AvgIpc) is 3.24. The van der Waals surface area contributed by atoms with Gasteiger partial charge in [-0.05, 0) is 24.3 Å². The van der Waals surface area contributed by atoms with E-state index in [1.165, 1.54) is 55.4 Å². The van der Waals surface area contributed by atoms with Gasteiger partial charge in [-0.1, -0.05) is 124 Å². The van der Waals surface area contributed by atoms with Crippen molar-refractivity contribution >= 4 is 125 Å². The van der Waals surface area contributed by atoms with Gasteiger partial charge in [0.2, 0.25) is 12.4 Å². The van der Waals surface area contributed by atoms with Crippen molar-refractivity contribution in [3.05, 3.63) is 178 Å². The number of nitrogens with one attached hydrogen (secondary N) is 1. The van der Waals surface area contributed by atoms with Crippen LogP contribution in [0.2, 0.25) is 65.0 Å².